The quantitative estimate of drug-likeness (QED) is 0.641. The van der Waals surface area contributed by atoms with E-state index in [0.717, 1.165) is 23.7 Å². The van der Waals surface area contributed by atoms with E-state index in [1.165, 1.54) is 12.1 Å². The second kappa shape index (κ2) is 7.08. The minimum Gasteiger partial charge on any atom is -0.452 e. The summed E-state index contributed by atoms with van der Waals surface area (Å²) < 4.78 is 18.4. The van der Waals surface area contributed by atoms with Crippen molar-refractivity contribution < 1.29 is 18.7 Å². The number of esters is 1. The highest BCUT2D eigenvalue weighted by molar-refractivity contribution is 5.98. The van der Waals surface area contributed by atoms with Crippen LogP contribution in [-0.4, -0.2) is 25.0 Å². The molecule has 24 heavy (non-hydrogen) atoms. The molecule has 0 fully saturated rings. The van der Waals surface area contributed by atoms with Crippen LogP contribution in [0.2, 0.25) is 0 Å². The molecule has 0 saturated carbocycles. The first-order chi connectivity index (χ1) is 11.6. The molecule has 2 aromatic carbocycles. The molecule has 0 spiro atoms. The fourth-order valence-electron chi connectivity index (χ4n) is 2.62. The van der Waals surface area contributed by atoms with Crippen molar-refractivity contribution in [3.05, 3.63) is 71.6 Å². The first-order valence-electron chi connectivity index (χ1n) is 7.63. The molecule has 5 heteroatoms. The molecule has 0 radical (unpaired) electrons. The fourth-order valence-corrected chi connectivity index (χ4v) is 2.62. The summed E-state index contributed by atoms with van der Waals surface area (Å²) in [7, 11) is 0. The van der Waals surface area contributed by atoms with Gasteiger partial charge in [-0.2, -0.15) is 0 Å². The number of fused-ring (bicyclic) bond motifs is 1. The van der Waals surface area contributed by atoms with Crippen molar-refractivity contribution in [3.8, 4) is 0 Å². The van der Waals surface area contributed by atoms with Crippen LogP contribution in [0.15, 0.2) is 54.6 Å². The monoisotopic (exact) mass is 325 g/mol. The Bertz CT molecular complexity index is 801. The zero-order valence-corrected chi connectivity index (χ0v) is 12.9. The molecule has 1 amide bonds. The highest BCUT2D eigenvalue weighted by atomic mass is 19.1. The number of halogens is 1. The van der Waals surface area contributed by atoms with Crippen molar-refractivity contribution >= 4 is 23.6 Å². The van der Waals surface area contributed by atoms with Gasteiger partial charge < -0.3 is 9.64 Å². The van der Waals surface area contributed by atoms with Gasteiger partial charge in [0.2, 0.25) is 0 Å². The number of rotatable bonds is 4. The summed E-state index contributed by atoms with van der Waals surface area (Å²) in [6.45, 7) is 0.246. The van der Waals surface area contributed by atoms with Gasteiger partial charge in [-0.15, -0.1) is 0 Å². The Morgan fingerprint density at radius 2 is 1.88 bits per heavy atom. The van der Waals surface area contributed by atoms with E-state index in [9.17, 15) is 14.0 Å². The van der Waals surface area contributed by atoms with Crippen molar-refractivity contribution in [1.29, 1.82) is 0 Å². The summed E-state index contributed by atoms with van der Waals surface area (Å²) in [4.78, 5) is 25.5. The Balaban J connectivity index is 1.55. The summed E-state index contributed by atoms with van der Waals surface area (Å²) in [5.41, 5.74) is 2.26. The lowest BCUT2D eigenvalue weighted by Crippen LogP contribution is -2.33. The van der Waals surface area contributed by atoms with Crippen LogP contribution in [0.5, 0.6) is 0 Å². The molecular weight excluding hydrogens is 309 g/mol. The zero-order chi connectivity index (χ0) is 16.9. The number of benzene rings is 2. The number of carbonyl (C=O) groups is 2. The molecule has 0 unspecified atom stereocenters. The maximum atomic E-state index is 13.4. The van der Waals surface area contributed by atoms with Gasteiger partial charge in [0.05, 0.1) is 0 Å². The van der Waals surface area contributed by atoms with Crippen molar-refractivity contribution in [1.82, 2.24) is 0 Å². The van der Waals surface area contributed by atoms with Gasteiger partial charge in [0.1, 0.15) is 5.82 Å². The van der Waals surface area contributed by atoms with E-state index in [-0.39, 0.29) is 18.1 Å². The minimum atomic E-state index is -0.681. The summed E-state index contributed by atoms with van der Waals surface area (Å²) in [5, 5.41) is 0. The standard InChI is InChI=1S/C19H16FNO3/c20-16-7-3-1-5-14(16)9-10-19(23)24-13-18(22)21-12-11-15-6-2-4-8-17(15)21/h1-10H,11-13H2/b10-9+. The molecule has 1 aliphatic heterocycles. The number of carbonyl (C=O) groups excluding carboxylic acids is 2. The fraction of sp³-hybridized carbons (Fsp3) is 0.158. The predicted molar refractivity (Wildman–Crippen MR) is 88.9 cm³/mol. The Morgan fingerprint density at radius 3 is 2.71 bits per heavy atom. The average Bonchev–Trinajstić information content (AvgIpc) is 3.03. The summed E-state index contributed by atoms with van der Waals surface area (Å²) in [5.74, 6) is -1.38. The SMILES string of the molecule is O=C(/C=C/c1ccccc1F)OCC(=O)N1CCc2ccccc21. The van der Waals surface area contributed by atoms with E-state index >= 15 is 0 Å². The van der Waals surface area contributed by atoms with E-state index in [1.54, 1.807) is 23.1 Å². The van der Waals surface area contributed by atoms with Gasteiger partial charge in [-0.05, 0) is 30.2 Å². The molecule has 1 heterocycles. The third-order valence-electron chi connectivity index (χ3n) is 3.83. The van der Waals surface area contributed by atoms with Gasteiger partial charge in [-0.25, -0.2) is 9.18 Å². The van der Waals surface area contributed by atoms with Crippen LogP contribution in [0, 0.1) is 5.82 Å². The Kier molecular flexibility index (Phi) is 4.70. The smallest absolute Gasteiger partial charge is 0.331 e. The molecule has 0 bridgehead atoms. The van der Waals surface area contributed by atoms with Crippen LogP contribution >= 0.6 is 0 Å². The Labute approximate surface area is 139 Å². The molecule has 3 rings (SSSR count). The molecule has 1 aliphatic rings. The summed E-state index contributed by atoms with van der Waals surface area (Å²) >= 11 is 0. The molecule has 4 nitrogen and oxygen atoms in total. The zero-order valence-electron chi connectivity index (χ0n) is 12.9. The number of ether oxygens (including phenoxy) is 1. The summed E-state index contributed by atoms with van der Waals surface area (Å²) in [6, 6.07) is 13.7. The lowest BCUT2D eigenvalue weighted by atomic mass is 10.2. The molecular formula is C19H16FNO3. The van der Waals surface area contributed by atoms with Crippen LogP contribution in [-0.2, 0) is 20.7 Å². The third kappa shape index (κ3) is 3.51. The first kappa shape index (κ1) is 15.9. The van der Waals surface area contributed by atoms with E-state index < -0.39 is 11.8 Å². The molecule has 0 aliphatic carbocycles. The van der Waals surface area contributed by atoms with E-state index in [2.05, 4.69) is 0 Å². The van der Waals surface area contributed by atoms with Crippen LogP contribution in [0.3, 0.4) is 0 Å². The van der Waals surface area contributed by atoms with Crippen molar-refractivity contribution in [2.75, 3.05) is 18.1 Å². The maximum Gasteiger partial charge on any atom is 0.331 e. The van der Waals surface area contributed by atoms with Crippen LogP contribution in [0.25, 0.3) is 6.08 Å². The molecule has 0 aromatic heterocycles. The van der Waals surface area contributed by atoms with Gasteiger partial charge in [0.25, 0.3) is 5.91 Å². The van der Waals surface area contributed by atoms with Crippen molar-refractivity contribution in [3.63, 3.8) is 0 Å². The van der Waals surface area contributed by atoms with Crippen molar-refractivity contribution in [2.24, 2.45) is 0 Å². The Morgan fingerprint density at radius 1 is 1.12 bits per heavy atom. The number of hydrogen-bond donors (Lipinski definition) is 0. The Hall–Kier alpha value is -2.95. The number of hydrogen-bond acceptors (Lipinski definition) is 3. The van der Waals surface area contributed by atoms with E-state index in [1.807, 2.05) is 24.3 Å². The molecule has 2 aromatic rings. The van der Waals surface area contributed by atoms with Crippen molar-refractivity contribution in [2.45, 2.75) is 6.42 Å². The number of para-hydroxylation sites is 1. The van der Waals surface area contributed by atoms with Crippen LogP contribution in [0.1, 0.15) is 11.1 Å². The second-order valence-electron chi connectivity index (χ2n) is 5.39. The van der Waals surface area contributed by atoms with Gasteiger partial charge in [-0.1, -0.05) is 36.4 Å². The molecule has 122 valence electrons. The predicted octanol–water partition coefficient (Wildman–Crippen LogP) is 2.97. The maximum absolute atomic E-state index is 13.4. The third-order valence-corrected chi connectivity index (χ3v) is 3.83. The topological polar surface area (TPSA) is 46.6 Å². The number of nitrogens with zero attached hydrogens (tertiary/aromatic N) is 1. The van der Waals surface area contributed by atoms with Gasteiger partial charge in [-0.3, -0.25) is 4.79 Å². The van der Waals surface area contributed by atoms with Crippen LogP contribution < -0.4 is 4.90 Å². The second-order valence-corrected chi connectivity index (χ2v) is 5.39. The lowest BCUT2D eigenvalue weighted by Gasteiger charge is -2.16. The molecule has 0 N–H and O–H groups in total. The highest BCUT2D eigenvalue weighted by Crippen LogP contribution is 2.27. The minimum absolute atomic E-state index is 0.271. The molecule has 0 atom stereocenters. The lowest BCUT2D eigenvalue weighted by molar-refractivity contribution is -0.142. The van der Waals surface area contributed by atoms with Gasteiger partial charge in [0, 0.05) is 23.9 Å². The largest absolute Gasteiger partial charge is 0.452 e. The number of anilines is 1. The van der Waals surface area contributed by atoms with Crippen LogP contribution in [0.4, 0.5) is 10.1 Å². The van der Waals surface area contributed by atoms with Gasteiger partial charge in [0.15, 0.2) is 6.61 Å². The molecule has 0 saturated heterocycles. The highest BCUT2D eigenvalue weighted by Gasteiger charge is 2.24. The van der Waals surface area contributed by atoms with E-state index in [4.69, 9.17) is 4.74 Å². The number of amides is 1. The van der Waals surface area contributed by atoms with E-state index in [0.29, 0.717) is 6.54 Å². The summed E-state index contributed by atoms with van der Waals surface area (Å²) in [6.07, 6.45) is 3.24. The normalized spacial score (nSPS) is 13.1. The average molecular weight is 325 g/mol. The first-order valence-corrected chi connectivity index (χ1v) is 7.63. The van der Waals surface area contributed by atoms with Gasteiger partial charge >= 0.3 is 5.97 Å².